The second kappa shape index (κ2) is 5.42. The summed E-state index contributed by atoms with van der Waals surface area (Å²) in [6.45, 7) is 3.74. The van der Waals surface area contributed by atoms with Crippen molar-refractivity contribution in [1.29, 1.82) is 5.41 Å². The lowest BCUT2D eigenvalue weighted by atomic mass is 9.92. The first-order valence-corrected chi connectivity index (χ1v) is 7.98. The number of aromatic nitrogens is 1. The highest BCUT2D eigenvalue weighted by Crippen LogP contribution is 2.38. The lowest BCUT2D eigenvalue weighted by Gasteiger charge is -2.38. The van der Waals surface area contributed by atoms with E-state index in [4.69, 9.17) is 5.41 Å². The molecule has 0 saturated carbocycles. The minimum Gasteiger partial charge on any atom is -0.345 e. The molecule has 2 aromatic rings. The van der Waals surface area contributed by atoms with Crippen LogP contribution in [0.3, 0.4) is 0 Å². The third-order valence-corrected chi connectivity index (χ3v) is 5.22. The van der Waals surface area contributed by atoms with Gasteiger partial charge in [-0.15, -0.1) is 11.3 Å². The van der Waals surface area contributed by atoms with Gasteiger partial charge in [0.25, 0.3) is 0 Å². The van der Waals surface area contributed by atoms with Gasteiger partial charge in [0.2, 0.25) is 5.91 Å². The van der Waals surface area contributed by atoms with Crippen molar-refractivity contribution in [2.45, 2.75) is 25.8 Å². The van der Waals surface area contributed by atoms with Gasteiger partial charge in [0, 0.05) is 23.7 Å². The molecule has 1 saturated heterocycles. The van der Waals surface area contributed by atoms with Crippen LogP contribution in [0.2, 0.25) is 0 Å². The van der Waals surface area contributed by atoms with Gasteiger partial charge in [-0.1, -0.05) is 0 Å². The molecule has 0 spiro atoms. The number of nitrogens with zero attached hydrogens (tertiary/aromatic N) is 2. The van der Waals surface area contributed by atoms with E-state index in [9.17, 15) is 9.18 Å². The van der Waals surface area contributed by atoms with Gasteiger partial charge in [-0.05, 0) is 37.6 Å². The van der Waals surface area contributed by atoms with Crippen LogP contribution in [-0.2, 0) is 10.3 Å². The fourth-order valence-corrected chi connectivity index (χ4v) is 3.57. The lowest BCUT2D eigenvalue weighted by molar-refractivity contribution is -0.129. The van der Waals surface area contributed by atoms with Crippen molar-refractivity contribution in [2.24, 2.45) is 0 Å². The third kappa shape index (κ3) is 2.72. The minimum atomic E-state index is -0.783. The Morgan fingerprint density at radius 3 is 2.87 bits per heavy atom. The molecule has 0 bridgehead atoms. The van der Waals surface area contributed by atoms with E-state index in [2.05, 4.69) is 10.3 Å². The van der Waals surface area contributed by atoms with Gasteiger partial charge in [0.1, 0.15) is 0 Å². The Morgan fingerprint density at radius 1 is 1.48 bits per heavy atom. The zero-order valence-corrected chi connectivity index (χ0v) is 13.9. The molecule has 7 heteroatoms. The quantitative estimate of drug-likeness (QED) is 0.888. The number of amides is 1. The number of hydrogen-bond acceptors (Lipinski definition) is 4. The van der Waals surface area contributed by atoms with Crippen LogP contribution in [-0.4, -0.2) is 28.8 Å². The predicted molar refractivity (Wildman–Crippen MR) is 87.8 cm³/mol. The van der Waals surface area contributed by atoms with Crippen molar-refractivity contribution in [3.63, 3.8) is 0 Å². The molecule has 0 radical (unpaired) electrons. The molecular weight excluding hydrogens is 315 g/mol. The summed E-state index contributed by atoms with van der Waals surface area (Å²) in [7, 11) is 1.55. The smallest absolute Gasteiger partial charge is 0.231 e. The molecule has 3 rings (SSSR count). The molecule has 5 nitrogen and oxygen atoms in total. The van der Waals surface area contributed by atoms with Crippen molar-refractivity contribution in [1.82, 2.24) is 15.2 Å². The van der Waals surface area contributed by atoms with E-state index >= 15 is 0 Å². The first-order chi connectivity index (χ1) is 10.8. The number of pyridine rings is 1. The second-order valence-corrected chi connectivity index (χ2v) is 6.95. The topological polar surface area (TPSA) is 69.1 Å². The van der Waals surface area contributed by atoms with Crippen LogP contribution >= 0.6 is 11.3 Å². The van der Waals surface area contributed by atoms with Crippen molar-refractivity contribution in [3.05, 3.63) is 40.0 Å². The monoisotopic (exact) mass is 332 g/mol. The molecule has 1 amide bonds. The molecule has 0 unspecified atom stereocenters. The van der Waals surface area contributed by atoms with Gasteiger partial charge >= 0.3 is 0 Å². The SMILES string of the molecule is Cc1ccnc(-c2cc([C@]3(C)CC(=O)N(C)C(=N)N3)sc2F)c1. The molecule has 3 heterocycles. The van der Waals surface area contributed by atoms with Crippen molar-refractivity contribution in [3.8, 4) is 11.3 Å². The number of aryl methyl sites for hydroxylation is 1. The maximum atomic E-state index is 14.4. The van der Waals surface area contributed by atoms with E-state index in [1.165, 1.54) is 4.90 Å². The molecule has 23 heavy (non-hydrogen) atoms. The van der Waals surface area contributed by atoms with E-state index in [-0.39, 0.29) is 23.4 Å². The first-order valence-electron chi connectivity index (χ1n) is 7.16. The summed E-state index contributed by atoms with van der Waals surface area (Å²) in [4.78, 5) is 18.2. The van der Waals surface area contributed by atoms with Gasteiger partial charge in [0.15, 0.2) is 11.1 Å². The Bertz CT molecular complexity index is 783. The number of nitrogens with one attached hydrogen (secondary N) is 2. The van der Waals surface area contributed by atoms with Crippen LogP contribution in [0.1, 0.15) is 23.8 Å². The van der Waals surface area contributed by atoms with Crippen molar-refractivity contribution >= 4 is 23.2 Å². The molecule has 1 atom stereocenters. The highest BCUT2D eigenvalue weighted by atomic mass is 32.1. The summed E-state index contributed by atoms with van der Waals surface area (Å²) in [6, 6.07) is 5.40. The van der Waals surface area contributed by atoms with Crippen LogP contribution in [0.5, 0.6) is 0 Å². The van der Waals surface area contributed by atoms with Gasteiger partial charge in [0.05, 0.1) is 17.7 Å². The van der Waals surface area contributed by atoms with Gasteiger partial charge in [-0.2, -0.15) is 4.39 Å². The highest BCUT2D eigenvalue weighted by Gasteiger charge is 2.39. The Balaban J connectivity index is 2.00. The molecule has 1 aliphatic heterocycles. The molecule has 1 fully saturated rings. The fraction of sp³-hybridized carbons (Fsp3) is 0.312. The van der Waals surface area contributed by atoms with E-state index in [1.807, 2.05) is 26.0 Å². The average Bonchev–Trinajstić information content (AvgIpc) is 2.87. The van der Waals surface area contributed by atoms with Gasteiger partial charge < -0.3 is 5.32 Å². The Kier molecular flexibility index (Phi) is 3.68. The summed E-state index contributed by atoms with van der Waals surface area (Å²) < 4.78 is 14.4. The van der Waals surface area contributed by atoms with E-state index in [1.54, 1.807) is 19.3 Å². The molecule has 0 aromatic carbocycles. The van der Waals surface area contributed by atoms with Crippen LogP contribution in [0.25, 0.3) is 11.3 Å². The number of carbonyl (C=O) groups is 1. The summed E-state index contributed by atoms with van der Waals surface area (Å²) in [5.41, 5.74) is 1.22. The van der Waals surface area contributed by atoms with Crippen molar-refractivity contribution in [2.75, 3.05) is 7.05 Å². The second-order valence-electron chi connectivity index (χ2n) is 5.95. The van der Waals surface area contributed by atoms with Crippen LogP contribution in [0, 0.1) is 17.5 Å². The number of halogens is 1. The summed E-state index contributed by atoms with van der Waals surface area (Å²) in [5, 5.41) is 10.5. The zero-order chi connectivity index (χ0) is 16.8. The van der Waals surface area contributed by atoms with Gasteiger partial charge in [-0.3, -0.25) is 20.1 Å². The standard InChI is InChI=1S/C16H17FN4OS/c1-9-4-5-19-11(6-9)10-7-12(23-14(10)17)16(2)8-13(22)21(3)15(18)20-16/h4-7H,8H2,1-3H3,(H2,18,20)/t16-/m0/s1. The minimum absolute atomic E-state index is 0.0211. The molecule has 1 aliphatic rings. The van der Waals surface area contributed by atoms with Crippen molar-refractivity contribution < 1.29 is 9.18 Å². The first kappa shape index (κ1) is 15.6. The summed E-state index contributed by atoms with van der Waals surface area (Å²) in [6.07, 6.45) is 1.82. The van der Waals surface area contributed by atoms with Crippen LogP contribution in [0.4, 0.5) is 4.39 Å². The number of rotatable bonds is 2. The number of carbonyl (C=O) groups excluding carboxylic acids is 1. The Labute approximate surface area is 137 Å². The van der Waals surface area contributed by atoms with E-state index in [0.717, 1.165) is 16.9 Å². The zero-order valence-electron chi connectivity index (χ0n) is 13.1. The van der Waals surface area contributed by atoms with Gasteiger partial charge in [-0.25, -0.2) is 0 Å². The molecule has 2 aromatic heterocycles. The summed E-state index contributed by atoms with van der Waals surface area (Å²) in [5.74, 6) is -0.145. The Hall–Kier alpha value is -2.28. The largest absolute Gasteiger partial charge is 0.345 e. The highest BCUT2D eigenvalue weighted by molar-refractivity contribution is 7.11. The molecule has 0 aliphatic carbocycles. The number of guanidine groups is 1. The van der Waals surface area contributed by atoms with E-state index < -0.39 is 5.54 Å². The lowest BCUT2D eigenvalue weighted by Crippen LogP contribution is -2.57. The maximum absolute atomic E-state index is 14.4. The van der Waals surface area contributed by atoms with E-state index in [0.29, 0.717) is 16.1 Å². The maximum Gasteiger partial charge on any atom is 0.231 e. The molecule has 120 valence electrons. The number of thiophene rings is 1. The Morgan fingerprint density at radius 2 is 2.22 bits per heavy atom. The van der Waals surface area contributed by atoms with Crippen LogP contribution < -0.4 is 5.32 Å². The fourth-order valence-electron chi connectivity index (χ4n) is 2.58. The van der Waals surface area contributed by atoms with Crippen LogP contribution in [0.15, 0.2) is 24.4 Å². The molecular formula is C16H17FN4OS. The molecule has 2 N–H and O–H groups in total. The predicted octanol–water partition coefficient (Wildman–Crippen LogP) is 2.86. The third-order valence-electron chi connectivity index (χ3n) is 4.03. The normalized spacial score (nSPS) is 21.5. The number of hydrogen-bond donors (Lipinski definition) is 2. The summed E-state index contributed by atoms with van der Waals surface area (Å²) >= 11 is 0.989. The average molecular weight is 332 g/mol.